The minimum Gasteiger partial charge on any atom is -0.469 e. The summed E-state index contributed by atoms with van der Waals surface area (Å²) in [5.74, 6) is -0.370. The fourth-order valence-corrected chi connectivity index (χ4v) is 2.90. The van der Waals surface area contributed by atoms with E-state index >= 15 is 0 Å². The molecule has 1 atom stereocenters. The van der Waals surface area contributed by atoms with Crippen LogP contribution >= 0.6 is 44.3 Å². The second-order valence-electron chi connectivity index (χ2n) is 4.58. The van der Waals surface area contributed by atoms with E-state index in [0.717, 1.165) is 8.95 Å². The zero-order valence-corrected chi connectivity index (χ0v) is 14.9. The molecular formula is C12H17Br2ClN2O2. The molecule has 0 aromatic heterocycles. The van der Waals surface area contributed by atoms with Crippen molar-refractivity contribution in [3.8, 4) is 0 Å². The van der Waals surface area contributed by atoms with Crippen molar-refractivity contribution in [1.29, 1.82) is 0 Å². The first-order valence-corrected chi connectivity index (χ1v) is 6.88. The highest BCUT2D eigenvalue weighted by Crippen LogP contribution is 2.39. The van der Waals surface area contributed by atoms with Gasteiger partial charge < -0.3 is 16.2 Å². The number of rotatable bonds is 3. The number of ether oxygens (including phenoxy) is 1. The van der Waals surface area contributed by atoms with Gasteiger partial charge in [-0.3, -0.25) is 4.79 Å². The summed E-state index contributed by atoms with van der Waals surface area (Å²) in [6.07, 6.45) is 0. The summed E-state index contributed by atoms with van der Waals surface area (Å²) in [4.78, 5) is 11.8. The Morgan fingerprint density at radius 3 is 2.37 bits per heavy atom. The molecule has 4 nitrogen and oxygen atoms in total. The molecule has 0 aliphatic heterocycles. The number of hydrogen-bond acceptors (Lipinski definition) is 4. The Kier molecular flexibility index (Phi) is 6.82. The Morgan fingerprint density at radius 2 is 1.89 bits per heavy atom. The number of esters is 1. The standard InChI is InChI=1S/C12H16Br2N2O2.ClH/c1-12(2,11(17)18-3)10(16)7-4-6(13)5-8(14)9(7)15;/h4-5,10H,15-16H2,1-3H3;1H/t10-;/m0./s1. The molecule has 0 unspecified atom stereocenters. The van der Waals surface area contributed by atoms with Crippen LogP contribution in [0.25, 0.3) is 0 Å². The van der Waals surface area contributed by atoms with Crippen LogP contribution in [0.3, 0.4) is 0 Å². The van der Waals surface area contributed by atoms with Crippen LogP contribution in [0.4, 0.5) is 5.69 Å². The van der Waals surface area contributed by atoms with E-state index in [4.69, 9.17) is 16.2 Å². The third-order valence-electron chi connectivity index (χ3n) is 2.95. The van der Waals surface area contributed by atoms with Crippen molar-refractivity contribution < 1.29 is 9.53 Å². The lowest BCUT2D eigenvalue weighted by molar-refractivity contribution is -0.152. The molecule has 0 spiro atoms. The summed E-state index contributed by atoms with van der Waals surface area (Å²) in [5, 5.41) is 0. The second-order valence-corrected chi connectivity index (χ2v) is 6.35. The topological polar surface area (TPSA) is 78.3 Å². The molecule has 0 saturated carbocycles. The monoisotopic (exact) mass is 414 g/mol. The van der Waals surface area contributed by atoms with Crippen molar-refractivity contribution in [2.75, 3.05) is 12.8 Å². The van der Waals surface area contributed by atoms with Crippen molar-refractivity contribution in [3.63, 3.8) is 0 Å². The minimum atomic E-state index is -0.858. The van der Waals surface area contributed by atoms with Gasteiger partial charge in [0.1, 0.15) is 0 Å². The van der Waals surface area contributed by atoms with Crippen molar-refractivity contribution in [2.24, 2.45) is 11.1 Å². The number of anilines is 1. The van der Waals surface area contributed by atoms with Crippen molar-refractivity contribution in [2.45, 2.75) is 19.9 Å². The second kappa shape index (κ2) is 6.92. The fraction of sp³-hybridized carbons (Fsp3) is 0.417. The molecule has 0 saturated heterocycles. The number of nitrogen functional groups attached to an aromatic ring is 1. The molecule has 0 bridgehead atoms. The molecule has 1 aromatic carbocycles. The molecule has 7 heteroatoms. The average molecular weight is 417 g/mol. The normalized spacial score (nSPS) is 12.5. The third kappa shape index (κ3) is 3.84. The van der Waals surface area contributed by atoms with Gasteiger partial charge in [-0.1, -0.05) is 15.9 Å². The van der Waals surface area contributed by atoms with Crippen LogP contribution in [-0.2, 0) is 9.53 Å². The van der Waals surface area contributed by atoms with Gasteiger partial charge in [-0.2, -0.15) is 0 Å². The first kappa shape index (κ1) is 18.7. The Balaban J connectivity index is 0.00000324. The third-order valence-corrected chi connectivity index (χ3v) is 4.06. The Hall–Kier alpha value is -0.300. The maximum atomic E-state index is 11.8. The Morgan fingerprint density at radius 1 is 1.37 bits per heavy atom. The maximum Gasteiger partial charge on any atom is 0.313 e. The van der Waals surface area contributed by atoms with E-state index in [1.165, 1.54) is 7.11 Å². The van der Waals surface area contributed by atoms with Crippen LogP contribution < -0.4 is 11.5 Å². The Bertz CT molecular complexity index is 481. The summed E-state index contributed by atoms with van der Waals surface area (Å²) in [6.45, 7) is 3.47. The van der Waals surface area contributed by atoms with Gasteiger partial charge in [0.05, 0.1) is 18.2 Å². The molecule has 4 N–H and O–H groups in total. The number of methoxy groups -OCH3 is 1. The van der Waals surface area contributed by atoms with Crippen LogP contribution in [0.15, 0.2) is 21.1 Å². The molecule has 1 aromatic rings. The molecule has 0 aliphatic carbocycles. The van der Waals surface area contributed by atoms with E-state index in [1.54, 1.807) is 13.8 Å². The maximum absolute atomic E-state index is 11.8. The molecule has 0 heterocycles. The van der Waals surface area contributed by atoms with E-state index in [0.29, 0.717) is 11.3 Å². The van der Waals surface area contributed by atoms with E-state index < -0.39 is 11.5 Å². The van der Waals surface area contributed by atoms with Gasteiger partial charge in [0, 0.05) is 15.0 Å². The van der Waals surface area contributed by atoms with E-state index in [2.05, 4.69) is 31.9 Å². The van der Waals surface area contributed by atoms with Crippen molar-refractivity contribution >= 4 is 55.9 Å². The largest absolute Gasteiger partial charge is 0.469 e. The molecule has 1 rings (SSSR count). The predicted molar refractivity (Wildman–Crippen MR) is 86.2 cm³/mol. The first-order chi connectivity index (χ1) is 8.21. The number of nitrogens with two attached hydrogens (primary N) is 2. The molecular weight excluding hydrogens is 399 g/mol. The quantitative estimate of drug-likeness (QED) is 0.585. The Labute approximate surface area is 135 Å². The lowest BCUT2D eigenvalue weighted by Gasteiger charge is -2.30. The summed E-state index contributed by atoms with van der Waals surface area (Å²) < 4.78 is 6.36. The predicted octanol–water partition coefficient (Wildman–Crippen LogP) is 3.41. The van der Waals surface area contributed by atoms with E-state index in [-0.39, 0.29) is 18.4 Å². The van der Waals surface area contributed by atoms with Gasteiger partial charge in [0.15, 0.2) is 0 Å². The number of carbonyl (C=O) groups excluding carboxylic acids is 1. The SMILES string of the molecule is COC(=O)C(C)(C)[C@@H](N)c1cc(Br)cc(Br)c1N.Cl. The van der Waals surface area contributed by atoms with E-state index in [9.17, 15) is 4.79 Å². The fourth-order valence-electron chi connectivity index (χ4n) is 1.64. The number of hydrogen-bond donors (Lipinski definition) is 2. The summed E-state index contributed by atoms with van der Waals surface area (Å²) in [5.41, 5.74) is 12.5. The molecule has 19 heavy (non-hydrogen) atoms. The zero-order valence-electron chi connectivity index (χ0n) is 10.9. The molecule has 0 radical (unpaired) electrons. The molecule has 0 aliphatic rings. The van der Waals surface area contributed by atoms with Crippen molar-refractivity contribution in [3.05, 3.63) is 26.6 Å². The van der Waals surface area contributed by atoms with Gasteiger partial charge >= 0.3 is 5.97 Å². The van der Waals surface area contributed by atoms with Crippen LogP contribution in [0, 0.1) is 5.41 Å². The number of benzene rings is 1. The van der Waals surface area contributed by atoms with Crippen molar-refractivity contribution in [1.82, 2.24) is 0 Å². The van der Waals surface area contributed by atoms with Gasteiger partial charge in [-0.25, -0.2) is 0 Å². The van der Waals surface area contributed by atoms with Crippen LogP contribution in [0.2, 0.25) is 0 Å². The van der Waals surface area contributed by atoms with Gasteiger partial charge in [0.2, 0.25) is 0 Å². The smallest absolute Gasteiger partial charge is 0.313 e. The summed E-state index contributed by atoms with van der Waals surface area (Å²) in [6, 6.07) is 3.09. The number of carbonyl (C=O) groups is 1. The average Bonchev–Trinajstić information content (AvgIpc) is 2.31. The van der Waals surface area contributed by atoms with Gasteiger partial charge in [0.25, 0.3) is 0 Å². The minimum absolute atomic E-state index is 0. The highest BCUT2D eigenvalue weighted by Gasteiger charge is 2.37. The van der Waals surface area contributed by atoms with Crippen LogP contribution in [-0.4, -0.2) is 13.1 Å². The lowest BCUT2D eigenvalue weighted by atomic mass is 9.80. The zero-order chi connectivity index (χ0) is 14.1. The van der Waals surface area contributed by atoms with Gasteiger partial charge in [-0.05, 0) is 47.5 Å². The molecule has 108 valence electrons. The first-order valence-electron chi connectivity index (χ1n) is 5.30. The molecule has 0 amide bonds. The van der Waals surface area contributed by atoms with Crippen LogP contribution in [0.5, 0.6) is 0 Å². The van der Waals surface area contributed by atoms with Gasteiger partial charge in [-0.15, -0.1) is 12.4 Å². The number of halogens is 3. The van der Waals surface area contributed by atoms with Crippen LogP contribution in [0.1, 0.15) is 25.5 Å². The molecule has 0 fully saturated rings. The highest BCUT2D eigenvalue weighted by molar-refractivity contribution is 9.11. The van der Waals surface area contributed by atoms with E-state index in [1.807, 2.05) is 12.1 Å². The lowest BCUT2D eigenvalue weighted by Crippen LogP contribution is -2.37. The summed E-state index contributed by atoms with van der Waals surface area (Å²) in [7, 11) is 1.34. The summed E-state index contributed by atoms with van der Waals surface area (Å²) >= 11 is 6.74. The highest BCUT2D eigenvalue weighted by atomic mass is 79.9.